The van der Waals surface area contributed by atoms with Crippen molar-refractivity contribution in [2.45, 2.75) is 32.2 Å². The fourth-order valence-corrected chi connectivity index (χ4v) is 2.34. The molecule has 1 atom stereocenters. The average Bonchev–Trinajstić information content (AvgIpc) is 2.74. The predicted octanol–water partition coefficient (Wildman–Crippen LogP) is 1.89. The number of likely N-dealkylation sites (N-methyl/N-ethyl adjacent to an activating group) is 1. The van der Waals surface area contributed by atoms with Crippen molar-refractivity contribution in [2.75, 3.05) is 7.05 Å². The van der Waals surface area contributed by atoms with Crippen molar-refractivity contribution in [3.8, 4) is 0 Å². The quantitative estimate of drug-likeness (QED) is 0.860. The SMILES string of the molecule is CNC(CCc1cccnc1)Cc1cc(C)nn1C. The molecule has 0 amide bonds. The lowest BCUT2D eigenvalue weighted by Gasteiger charge is -2.16. The summed E-state index contributed by atoms with van der Waals surface area (Å²) in [5.74, 6) is 0. The van der Waals surface area contributed by atoms with Gasteiger partial charge in [0.25, 0.3) is 0 Å². The number of aryl methyl sites for hydroxylation is 3. The van der Waals surface area contributed by atoms with Crippen LogP contribution in [0.15, 0.2) is 30.6 Å². The Morgan fingerprint density at radius 2 is 2.26 bits per heavy atom. The first-order chi connectivity index (χ1) is 9.19. The number of nitrogens with one attached hydrogen (secondary N) is 1. The fourth-order valence-electron chi connectivity index (χ4n) is 2.34. The molecule has 102 valence electrons. The van der Waals surface area contributed by atoms with Crippen molar-refractivity contribution in [3.63, 3.8) is 0 Å². The van der Waals surface area contributed by atoms with Gasteiger partial charge in [-0.05, 0) is 44.5 Å². The van der Waals surface area contributed by atoms with E-state index in [0.717, 1.165) is 25.0 Å². The Hall–Kier alpha value is -1.68. The molecule has 0 aliphatic rings. The third-order valence-electron chi connectivity index (χ3n) is 3.47. The van der Waals surface area contributed by atoms with Crippen LogP contribution in [0.3, 0.4) is 0 Å². The van der Waals surface area contributed by atoms with Crippen molar-refractivity contribution in [1.82, 2.24) is 20.1 Å². The molecule has 2 aromatic heterocycles. The average molecular weight is 258 g/mol. The second kappa shape index (κ2) is 6.48. The number of aromatic nitrogens is 3. The molecule has 2 aromatic rings. The summed E-state index contributed by atoms with van der Waals surface area (Å²) >= 11 is 0. The van der Waals surface area contributed by atoms with Gasteiger partial charge in [0, 0.05) is 37.6 Å². The third kappa shape index (κ3) is 3.89. The zero-order chi connectivity index (χ0) is 13.7. The zero-order valence-electron chi connectivity index (χ0n) is 11.9. The van der Waals surface area contributed by atoms with E-state index in [9.17, 15) is 0 Å². The molecule has 0 bridgehead atoms. The molecule has 0 fully saturated rings. The molecule has 2 heterocycles. The van der Waals surface area contributed by atoms with Gasteiger partial charge in [0.05, 0.1) is 5.69 Å². The molecule has 4 heteroatoms. The van der Waals surface area contributed by atoms with Gasteiger partial charge in [-0.1, -0.05) is 6.07 Å². The van der Waals surface area contributed by atoms with Gasteiger partial charge in [-0.15, -0.1) is 0 Å². The van der Waals surface area contributed by atoms with E-state index >= 15 is 0 Å². The van der Waals surface area contributed by atoms with Crippen LogP contribution >= 0.6 is 0 Å². The van der Waals surface area contributed by atoms with Gasteiger partial charge in [-0.3, -0.25) is 9.67 Å². The summed E-state index contributed by atoms with van der Waals surface area (Å²) in [7, 11) is 4.04. The smallest absolute Gasteiger partial charge is 0.0596 e. The van der Waals surface area contributed by atoms with Crippen LogP contribution in [0, 0.1) is 6.92 Å². The maximum absolute atomic E-state index is 4.40. The molecule has 2 rings (SSSR count). The van der Waals surface area contributed by atoms with E-state index in [4.69, 9.17) is 0 Å². The molecule has 4 nitrogen and oxygen atoms in total. The summed E-state index contributed by atoms with van der Waals surface area (Å²) in [6.45, 7) is 2.04. The summed E-state index contributed by atoms with van der Waals surface area (Å²) in [6.07, 6.45) is 6.93. The van der Waals surface area contributed by atoms with Crippen LogP contribution in [-0.4, -0.2) is 27.9 Å². The molecule has 0 saturated carbocycles. The Labute approximate surface area is 114 Å². The van der Waals surface area contributed by atoms with Crippen LogP contribution in [0.5, 0.6) is 0 Å². The molecule has 1 unspecified atom stereocenters. The Morgan fingerprint density at radius 3 is 2.84 bits per heavy atom. The molecule has 19 heavy (non-hydrogen) atoms. The van der Waals surface area contributed by atoms with Gasteiger partial charge >= 0.3 is 0 Å². The molecule has 0 spiro atoms. The third-order valence-corrected chi connectivity index (χ3v) is 3.47. The summed E-state index contributed by atoms with van der Waals surface area (Å²) < 4.78 is 1.98. The summed E-state index contributed by atoms with van der Waals surface area (Å²) in [5, 5.41) is 7.79. The van der Waals surface area contributed by atoms with Crippen molar-refractivity contribution in [2.24, 2.45) is 7.05 Å². The zero-order valence-corrected chi connectivity index (χ0v) is 11.9. The van der Waals surface area contributed by atoms with E-state index in [2.05, 4.69) is 27.5 Å². The standard InChI is InChI=1S/C15H22N4/c1-12-9-15(19(3)18-12)10-14(16-2)7-6-13-5-4-8-17-11-13/h4-5,8-9,11,14,16H,6-7,10H2,1-3H3. The minimum absolute atomic E-state index is 0.468. The Balaban J connectivity index is 1.92. The van der Waals surface area contributed by atoms with Crippen molar-refractivity contribution < 1.29 is 0 Å². The number of hydrogen-bond donors (Lipinski definition) is 1. The Kier molecular flexibility index (Phi) is 4.68. The van der Waals surface area contributed by atoms with Crippen LogP contribution in [-0.2, 0) is 19.9 Å². The summed E-state index contributed by atoms with van der Waals surface area (Å²) in [4.78, 5) is 4.16. The van der Waals surface area contributed by atoms with Crippen LogP contribution in [0.2, 0.25) is 0 Å². The minimum atomic E-state index is 0.468. The van der Waals surface area contributed by atoms with Crippen molar-refractivity contribution in [1.29, 1.82) is 0 Å². The topological polar surface area (TPSA) is 42.7 Å². The highest BCUT2D eigenvalue weighted by atomic mass is 15.3. The Bertz CT molecular complexity index is 504. The van der Waals surface area contributed by atoms with E-state index in [0.29, 0.717) is 6.04 Å². The van der Waals surface area contributed by atoms with E-state index in [-0.39, 0.29) is 0 Å². The highest BCUT2D eigenvalue weighted by Gasteiger charge is 2.11. The lowest BCUT2D eigenvalue weighted by Crippen LogP contribution is -2.29. The largest absolute Gasteiger partial charge is 0.317 e. The number of nitrogens with zero attached hydrogens (tertiary/aromatic N) is 3. The van der Waals surface area contributed by atoms with Gasteiger partial charge in [-0.2, -0.15) is 5.10 Å². The maximum Gasteiger partial charge on any atom is 0.0596 e. The van der Waals surface area contributed by atoms with Gasteiger partial charge < -0.3 is 5.32 Å². The highest BCUT2D eigenvalue weighted by Crippen LogP contribution is 2.10. The molecule has 0 aromatic carbocycles. The van der Waals surface area contributed by atoms with E-state index < -0.39 is 0 Å². The first-order valence-corrected chi connectivity index (χ1v) is 6.74. The van der Waals surface area contributed by atoms with Crippen LogP contribution in [0.4, 0.5) is 0 Å². The van der Waals surface area contributed by atoms with Gasteiger partial charge in [-0.25, -0.2) is 0 Å². The monoisotopic (exact) mass is 258 g/mol. The lowest BCUT2D eigenvalue weighted by molar-refractivity contribution is 0.503. The molecule has 0 aliphatic heterocycles. The molecular formula is C15H22N4. The number of hydrogen-bond acceptors (Lipinski definition) is 3. The van der Waals surface area contributed by atoms with E-state index in [1.165, 1.54) is 11.3 Å². The number of rotatable bonds is 6. The molecule has 0 aliphatic carbocycles. The molecule has 0 radical (unpaired) electrons. The van der Waals surface area contributed by atoms with Gasteiger partial charge in [0.1, 0.15) is 0 Å². The minimum Gasteiger partial charge on any atom is -0.317 e. The molecular weight excluding hydrogens is 236 g/mol. The highest BCUT2D eigenvalue weighted by molar-refractivity contribution is 5.11. The van der Waals surface area contributed by atoms with Gasteiger partial charge in [0.15, 0.2) is 0 Å². The number of pyridine rings is 1. The van der Waals surface area contributed by atoms with Crippen LogP contribution < -0.4 is 5.32 Å². The first kappa shape index (κ1) is 13.7. The normalized spacial score (nSPS) is 12.6. The summed E-state index contributed by atoms with van der Waals surface area (Å²) in [5.41, 5.74) is 3.66. The van der Waals surface area contributed by atoms with Crippen LogP contribution in [0.25, 0.3) is 0 Å². The molecule has 0 saturated heterocycles. The van der Waals surface area contributed by atoms with Crippen molar-refractivity contribution >= 4 is 0 Å². The second-order valence-corrected chi connectivity index (χ2v) is 4.99. The lowest BCUT2D eigenvalue weighted by atomic mass is 10.0. The van der Waals surface area contributed by atoms with Crippen molar-refractivity contribution in [3.05, 3.63) is 47.5 Å². The van der Waals surface area contributed by atoms with E-state index in [1.54, 1.807) is 0 Å². The first-order valence-electron chi connectivity index (χ1n) is 6.74. The summed E-state index contributed by atoms with van der Waals surface area (Å²) in [6, 6.07) is 6.76. The van der Waals surface area contributed by atoms with Crippen LogP contribution in [0.1, 0.15) is 23.4 Å². The maximum atomic E-state index is 4.40. The van der Waals surface area contributed by atoms with Gasteiger partial charge in [0.2, 0.25) is 0 Å². The fraction of sp³-hybridized carbons (Fsp3) is 0.467. The Morgan fingerprint density at radius 1 is 1.42 bits per heavy atom. The van der Waals surface area contributed by atoms with E-state index in [1.807, 2.05) is 44.2 Å². The molecule has 1 N–H and O–H groups in total. The second-order valence-electron chi connectivity index (χ2n) is 4.99. The predicted molar refractivity (Wildman–Crippen MR) is 77.1 cm³/mol.